The van der Waals surface area contributed by atoms with Crippen LogP contribution in [-0.4, -0.2) is 18.6 Å². The van der Waals surface area contributed by atoms with Crippen molar-refractivity contribution >= 4 is 5.91 Å². The topological polar surface area (TPSA) is 51.5 Å². The maximum atomic E-state index is 11.9. The van der Waals surface area contributed by atoms with Crippen LogP contribution in [-0.2, 0) is 11.2 Å². The SMILES string of the molecule is Cc1cccc(OC(C)C(=O)NCCCc2ccco2)c1. The standard InChI is InChI=1S/C17H21NO3/c1-13-6-3-7-16(12-13)21-14(2)17(19)18-10-4-8-15-9-5-11-20-15/h3,5-7,9,11-12,14H,4,8,10H2,1-2H3,(H,18,19). The molecule has 112 valence electrons. The number of hydrogen-bond donors (Lipinski definition) is 1. The Hall–Kier alpha value is -2.23. The van der Waals surface area contributed by atoms with Crippen LogP contribution >= 0.6 is 0 Å². The Morgan fingerprint density at radius 3 is 2.90 bits per heavy atom. The van der Waals surface area contributed by atoms with Crippen molar-refractivity contribution in [1.29, 1.82) is 0 Å². The normalized spacial score (nSPS) is 11.9. The number of amides is 1. The van der Waals surface area contributed by atoms with Crippen molar-refractivity contribution in [2.24, 2.45) is 0 Å². The minimum atomic E-state index is -0.504. The molecule has 0 fully saturated rings. The summed E-state index contributed by atoms with van der Waals surface area (Å²) < 4.78 is 10.9. The Morgan fingerprint density at radius 2 is 2.19 bits per heavy atom. The number of hydrogen-bond acceptors (Lipinski definition) is 3. The zero-order chi connectivity index (χ0) is 15.1. The molecule has 1 aromatic carbocycles. The van der Waals surface area contributed by atoms with E-state index in [0.717, 1.165) is 24.2 Å². The second-order valence-corrected chi connectivity index (χ2v) is 5.05. The fourth-order valence-corrected chi connectivity index (χ4v) is 2.02. The lowest BCUT2D eigenvalue weighted by molar-refractivity contribution is -0.127. The van der Waals surface area contributed by atoms with Crippen LogP contribution in [0.4, 0.5) is 0 Å². The van der Waals surface area contributed by atoms with E-state index in [9.17, 15) is 4.79 Å². The number of benzene rings is 1. The summed E-state index contributed by atoms with van der Waals surface area (Å²) in [5.41, 5.74) is 1.11. The Bertz CT molecular complexity index is 563. The second-order valence-electron chi connectivity index (χ2n) is 5.05. The highest BCUT2D eigenvalue weighted by Crippen LogP contribution is 2.14. The maximum Gasteiger partial charge on any atom is 0.260 e. The van der Waals surface area contributed by atoms with E-state index in [4.69, 9.17) is 9.15 Å². The van der Waals surface area contributed by atoms with Gasteiger partial charge in [0, 0.05) is 13.0 Å². The van der Waals surface area contributed by atoms with E-state index >= 15 is 0 Å². The Morgan fingerprint density at radius 1 is 1.33 bits per heavy atom. The lowest BCUT2D eigenvalue weighted by Gasteiger charge is -2.15. The molecule has 0 spiro atoms. The van der Waals surface area contributed by atoms with Gasteiger partial charge in [-0.3, -0.25) is 4.79 Å². The van der Waals surface area contributed by atoms with Crippen molar-refractivity contribution in [3.8, 4) is 5.75 Å². The molecule has 21 heavy (non-hydrogen) atoms. The molecular weight excluding hydrogens is 266 g/mol. The molecule has 1 amide bonds. The van der Waals surface area contributed by atoms with Crippen LogP contribution in [0.2, 0.25) is 0 Å². The van der Waals surface area contributed by atoms with E-state index in [0.29, 0.717) is 12.3 Å². The highest BCUT2D eigenvalue weighted by molar-refractivity contribution is 5.80. The number of aryl methyl sites for hydroxylation is 2. The third-order valence-electron chi connectivity index (χ3n) is 3.15. The number of ether oxygens (including phenoxy) is 1. The van der Waals surface area contributed by atoms with Crippen LogP contribution in [0.1, 0.15) is 24.7 Å². The Balaban J connectivity index is 1.70. The number of carbonyl (C=O) groups excluding carboxylic acids is 1. The second kappa shape index (κ2) is 7.53. The molecule has 4 heteroatoms. The van der Waals surface area contributed by atoms with E-state index in [1.807, 2.05) is 43.3 Å². The molecule has 0 saturated carbocycles. The molecule has 1 heterocycles. The lowest BCUT2D eigenvalue weighted by atomic mass is 10.2. The van der Waals surface area contributed by atoms with Gasteiger partial charge in [0.05, 0.1) is 6.26 Å². The third-order valence-corrected chi connectivity index (χ3v) is 3.15. The molecule has 0 aliphatic rings. The van der Waals surface area contributed by atoms with Gasteiger partial charge in [0.2, 0.25) is 0 Å². The molecule has 2 aromatic rings. The minimum absolute atomic E-state index is 0.101. The van der Waals surface area contributed by atoms with E-state index in [2.05, 4.69) is 5.32 Å². The number of carbonyl (C=O) groups is 1. The monoisotopic (exact) mass is 287 g/mol. The van der Waals surface area contributed by atoms with Crippen LogP contribution < -0.4 is 10.1 Å². The van der Waals surface area contributed by atoms with Gasteiger partial charge >= 0.3 is 0 Å². The number of rotatable bonds is 7. The average molecular weight is 287 g/mol. The number of nitrogens with one attached hydrogen (secondary N) is 1. The quantitative estimate of drug-likeness (QED) is 0.796. The molecule has 2 rings (SSSR count). The fourth-order valence-electron chi connectivity index (χ4n) is 2.02. The average Bonchev–Trinajstić information content (AvgIpc) is 2.96. The molecule has 1 unspecified atom stereocenters. The van der Waals surface area contributed by atoms with Crippen molar-refractivity contribution in [2.75, 3.05) is 6.54 Å². The summed E-state index contributed by atoms with van der Waals surface area (Å²) in [5.74, 6) is 1.55. The highest BCUT2D eigenvalue weighted by Gasteiger charge is 2.13. The summed E-state index contributed by atoms with van der Waals surface area (Å²) >= 11 is 0. The van der Waals surface area contributed by atoms with E-state index < -0.39 is 6.10 Å². The maximum absolute atomic E-state index is 11.9. The Labute approximate surface area is 125 Å². The molecule has 4 nitrogen and oxygen atoms in total. The van der Waals surface area contributed by atoms with Gasteiger partial charge in [0.25, 0.3) is 5.91 Å². The van der Waals surface area contributed by atoms with Crippen molar-refractivity contribution in [2.45, 2.75) is 32.8 Å². The first-order chi connectivity index (χ1) is 10.1. The third kappa shape index (κ3) is 4.99. The van der Waals surface area contributed by atoms with Crippen molar-refractivity contribution in [1.82, 2.24) is 5.32 Å². The van der Waals surface area contributed by atoms with Crippen molar-refractivity contribution in [3.63, 3.8) is 0 Å². The molecular formula is C17H21NO3. The molecule has 1 aromatic heterocycles. The molecule has 0 saturated heterocycles. The first-order valence-corrected chi connectivity index (χ1v) is 7.18. The number of furan rings is 1. The molecule has 0 bridgehead atoms. The first kappa shape index (κ1) is 15.2. The van der Waals surface area contributed by atoms with E-state index in [-0.39, 0.29) is 5.91 Å². The van der Waals surface area contributed by atoms with E-state index in [1.54, 1.807) is 13.2 Å². The molecule has 0 radical (unpaired) electrons. The van der Waals surface area contributed by atoms with Gasteiger partial charge in [0.1, 0.15) is 11.5 Å². The summed E-state index contributed by atoms with van der Waals surface area (Å²) in [6.45, 7) is 4.36. The van der Waals surface area contributed by atoms with Gasteiger partial charge in [-0.2, -0.15) is 0 Å². The minimum Gasteiger partial charge on any atom is -0.481 e. The predicted molar refractivity (Wildman–Crippen MR) is 81.3 cm³/mol. The van der Waals surface area contributed by atoms with Gasteiger partial charge in [-0.15, -0.1) is 0 Å². The molecule has 1 atom stereocenters. The van der Waals surface area contributed by atoms with Gasteiger partial charge in [-0.25, -0.2) is 0 Å². The van der Waals surface area contributed by atoms with Crippen LogP contribution in [0, 0.1) is 6.92 Å². The summed E-state index contributed by atoms with van der Waals surface area (Å²) in [5, 5.41) is 2.87. The van der Waals surface area contributed by atoms with Crippen LogP contribution in [0.3, 0.4) is 0 Å². The molecule has 0 aliphatic heterocycles. The molecule has 1 N–H and O–H groups in total. The summed E-state index contributed by atoms with van der Waals surface area (Å²) in [6, 6.07) is 11.5. The van der Waals surface area contributed by atoms with Gasteiger partial charge < -0.3 is 14.5 Å². The predicted octanol–water partition coefficient (Wildman–Crippen LogP) is 3.10. The lowest BCUT2D eigenvalue weighted by Crippen LogP contribution is -2.36. The Kier molecular flexibility index (Phi) is 5.43. The largest absolute Gasteiger partial charge is 0.481 e. The van der Waals surface area contributed by atoms with Gasteiger partial charge in [-0.1, -0.05) is 12.1 Å². The zero-order valence-electron chi connectivity index (χ0n) is 12.5. The van der Waals surface area contributed by atoms with E-state index in [1.165, 1.54) is 0 Å². The first-order valence-electron chi connectivity index (χ1n) is 7.18. The molecule has 0 aliphatic carbocycles. The van der Waals surface area contributed by atoms with Crippen molar-refractivity contribution in [3.05, 3.63) is 54.0 Å². The summed E-state index contributed by atoms with van der Waals surface area (Å²) in [4.78, 5) is 11.9. The summed E-state index contributed by atoms with van der Waals surface area (Å²) in [7, 11) is 0. The van der Waals surface area contributed by atoms with Gasteiger partial charge in [-0.05, 0) is 50.1 Å². The van der Waals surface area contributed by atoms with Gasteiger partial charge in [0.15, 0.2) is 6.10 Å². The van der Waals surface area contributed by atoms with Crippen LogP contribution in [0.25, 0.3) is 0 Å². The summed E-state index contributed by atoms with van der Waals surface area (Å²) in [6.07, 6.45) is 2.82. The fraction of sp³-hybridized carbons (Fsp3) is 0.353. The highest BCUT2D eigenvalue weighted by atomic mass is 16.5. The zero-order valence-corrected chi connectivity index (χ0v) is 12.5. The van der Waals surface area contributed by atoms with Crippen molar-refractivity contribution < 1.29 is 13.9 Å². The smallest absolute Gasteiger partial charge is 0.260 e. The van der Waals surface area contributed by atoms with Crippen LogP contribution in [0.15, 0.2) is 47.1 Å². The van der Waals surface area contributed by atoms with Crippen LogP contribution in [0.5, 0.6) is 5.75 Å².